The van der Waals surface area contributed by atoms with Gasteiger partial charge in [0.1, 0.15) is 0 Å². The van der Waals surface area contributed by atoms with E-state index in [-0.39, 0.29) is 6.10 Å². The molecule has 1 atom stereocenters. The zero-order chi connectivity index (χ0) is 12.2. The second-order valence-electron chi connectivity index (χ2n) is 5.37. The van der Waals surface area contributed by atoms with Crippen LogP contribution >= 0.6 is 0 Å². The third kappa shape index (κ3) is 4.10. The Kier molecular flexibility index (Phi) is 4.74. The molecule has 94 valence electrons. The molecule has 0 amide bonds. The van der Waals surface area contributed by atoms with Gasteiger partial charge in [-0.05, 0) is 40.2 Å². The predicted octanol–water partition coefficient (Wildman–Crippen LogP) is 1.60. The molecular weight excluding hydrogens is 206 g/mol. The minimum atomic E-state index is -0.746. The first-order valence-corrected chi connectivity index (χ1v) is 5.95. The zero-order valence-corrected chi connectivity index (χ0v) is 10.5. The number of carbonyl (C=O) groups is 1. The number of hydrogen-bond donors (Lipinski definition) is 1. The van der Waals surface area contributed by atoms with Crippen molar-refractivity contribution in [2.45, 2.75) is 39.2 Å². The first-order chi connectivity index (χ1) is 7.42. The summed E-state index contributed by atoms with van der Waals surface area (Å²) in [6.07, 6.45) is 3.75. The Hall–Kier alpha value is -0.610. The summed E-state index contributed by atoms with van der Waals surface area (Å²) in [5, 5.41) is 9.04. The second-order valence-corrected chi connectivity index (χ2v) is 5.37. The Morgan fingerprint density at radius 1 is 1.50 bits per heavy atom. The summed E-state index contributed by atoms with van der Waals surface area (Å²) in [5.74, 6) is -0.746. The largest absolute Gasteiger partial charge is 0.481 e. The van der Waals surface area contributed by atoms with Crippen molar-refractivity contribution in [2.24, 2.45) is 5.41 Å². The molecule has 0 aromatic carbocycles. The standard InChI is InChI=1S/C12H23NO3/c1-12(2,11(14)15)9-13(3)8-10-6-4-5-7-16-10/h10H,4-9H2,1-3H3,(H,14,15). The molecular formula is C12H23NO3. The van der Waals surface area contributed by atoms with Crippen molar-refractivity contribution >= 4 is 5.97 Å². The van der Waals surface area contributed by atoms with E-state index >= 15 is 0 Å². The number of rotatable bonds is 5. The van der Waals surface area contributed by atoms with E-state index in [4.69, 9.17) is 9.84 Å². The van der Waals surface area contributed by atoms with Gasteiger partial charge >= 0.3 is 5.97 Å². The number of carboxylic acids is 1. The van der Waals surface area contributed by atoms with Crippen LogP contribution in [0.3, 0.4) is 0 Å². The lowest BCUT2D eigenvalue weighted by atomic mass is 9.93. The minimum Gasteiger partial charge on any atom is -0.481 e. The molecule has 1 rings (SSSR count). The molecule has 4 nitrogen and oxygen atoms in total. The third-order valence-electron chi connectivity index (χ3n) is 3.03. The zero-order valence-electron chi connectivity index (χ0n) is 10.5. The topological polar surface area (TPSA) is 49.8 Å². The number of nitrogens with zero attached hydrogens (tertiary/aromatic N) is 1. The summed E-state index contributed by atoms with van der Waals surface area (Å²) in [7, 11) is 1.96. The van der Waals surface area contributed by atoms with Gasteiger partial charge in [0.25, 0.3) is 0 Å². The van der Waals surface area contributed by atoms with Crippen LogP contribution in [0.1, 0.15) is 33.1 Å². The van der Waals surface area contributed by atoms with E-state index in [2.05, 4.69) is 4.90 Å². The lowest BCUT2D eigenvalue weighted by Crippen LogP contribution is -2.41. The fourth-order valence-electron chi connectivity index (χ4n) is 2.11. The van der Waals surface area contributed by atoms with Gasteiger partial charge in [-0.2, -0.15) is 0 Å². The van der Waals surface area contributed by atoms with Crippen molar-refractivity contribution in [1.82, 2.24) is 4.90 Å². The molecule has 0 aromatic rings. The van der Waals surface area contributed by atoms with Crippen molar-refractivity contribution < 1.29 is 14.6 Å². The van der Waals surface area contributed by atoms with E-state index in [1.54, 1.807) is 13.8 Å². The van der Waals surface area contributed by atoms with E-state index in [1.165, 1.54) is 6.42 Å². The monoisotopic (exact) mass is 229 g/mol. The SMILES string of the molecule is CN(CC1CCCCO1)CC(C)(C)C(=O)O. The maximum absolute atomic E-state index is 11.0. The average molecular weight is 229 g/mol. The molecule has 1 unspecified atom stereocenters. The molecule has 1 saturated heterocycles. The van der Waals surface area contributed by atoms with E-state index in [9.17, 15) is 4.79 Å². The van der Waals surface area contributed by atoms with E-state index in [0.29, 0.717) is 6.54 Å². The van der Waals surface area contributed by atoms with E-state index in [1.807, 2.05) is 7.05 Å². The lowest BCUT2D eigenvalue weighted by Gasteiger charge is -2.31. The molecule has 0 aliphatic carbocycles. The van der Waals surface area contributed by atoms with Crippen molar-refractivity contribution in [3.05, 3.63) is 0 Å². The van der Waals surface area contributed by atoms with Gasteiger partial charge in [0.15, 0.2) is 0 Å². The van der Waals surface area contributed by atoms with Crippen LogP contribution in [0.15, 0.2) is 0 Å². The summed E-state index contributed by atoms with van der Waals surface area (Å²) in [6.45, 7) is 5.75. The van der Waals surface area contributed by atoms with Crippen LogP contribution in [-0.2, 0) is 9.53 Å². The molecule has 0 spiro atoms. The van der Waals surface area contributed by atoms with Crippen LogP contribution in [-0.4, -0.2) is 48.8 Å². The van der Waals surface area contributed by atoms with Crippen molar-refractivity contribution in [3.63, 3.8) is 0 Å². The van der Waals surface area contributed by atoms with Gasteiger partial charge in [-0.25, -0.2) is 0 Å². The van der Waals surface area contributed by atoms with Gasteiger partial charge in [-0.15, -0.1) is 0 Å². The van der Waals surface area contributed by atoms with E-state index < -0.39 is 11.4 Å². The summed E-state index contributed by atoms with van der Waals surface area (Å²) in [6, 6.07) is 0. The van der Waals surface area contributed by atoms with Crippen molar-refractivity contribution in [3.8, 4) is 0 Å². The summed E-state index contributed by atoms with van der Waals surface area (Å²) >= 11 is 0. The van der Waals surface area contributed by atoms with Crippen LogP contribution in [0.2, 0.25) is 0 Å². The molecule has 0 bridgehead atoms. The number of hydrogen-bond acceptors (Lipinski definition) is 3. The van der Waals surface area contributed by atoms with Gasteiger partial charge < -0.3 is 14.7 Å². The van der Waals surface area contributed by atoms with E-state index in [0.717, 1.165) is 26.0 Å². The highest BCUT2D eigenvalue weighted by Gasteiger charge is 2.29. The fraction of sp³-hybridized carbons (Fsp3) is 0.917. The Bertz CT molecular complexity index is 234. The molecule has 1 aliphatic rings. The Labute approximate surface area is 97.6 Å². The highest BCUT2D eigenvalue weighted by molar-refractivity contribution is 5.73. The van der Waals surface area contributed by atoms with Crippen LogP contribution in [0.4, 0.5) is 0 Å². The predicted molar refractivity (Wildman–Crippen MR) is 62.5 cm³/mol. The first-order valence-electron chi connectivity index (χ1n) is 5.95. The quantitative estimate of drug-likeness (QED) is 0.778. The molecule has 0 aromatic heterocycles. The van der Waals surface area contributed by atoms with Gasteiger partial charge in [0.2, 0.25) is 0 Å². The molecule has 1 aliphatic heterocycles. The Morgan fingerprint density at radius 2 is 2.19 bits per heavy atom. The molecule has 1 N–H and O–H groups in total. The van der Waals surface area contributed by atoms with Crippen LogP contribution in [0.25, 0.3) is 0 Å². The minimum absolute atomic E-state index is 0.281. The molecule has 0 radical (unpaired) electrons. The number of likely N-dealkylation sites (N-methyl/N-ethyl adjacent to an activating group) is 1. The highest BCUT2D eigenvalue weighted by Crippen LogP contribution is 2.18. The Balaban J connectivity index is 2.34. The molecule has 1 fully saturated rings. The highest BCUT2D eigenvalue weighted by atomic mass is 16.5. The maximum Gasteiger partial charge on any atom is 0.310 e. The number of ether oxygens (including phenoxy) is 1. The van der Waals surface area contributed by atoms with Crippen LogP contribution in [0, 0.1) is 5.41 Å². The number of aliphatic carboxylic acids is 1. The van der Waals surface area contributed by atoms with Gasteiger partial charge in [-0.3, -0.25) is 4.79 Å². The van der Waals surface area contributed by atoms with Gasteiger partial charge in [0, 0.05) is 19.7 Å². The smallest absolute Gasteiger partial charge is 0.310 e. The summed E-state index contributed by atoms with van der Waals surface area (Å²) in [5.41, 5.74) is -0.691. The lowest BCUT2D eigenvalue weighted by molar-refractivity contribution is -0.148. The number of carboxylic acid groups (broad SMARTS) is 1. The summed E-state index contributed by atoms with van der Waals surface area (Å²) < 4.78 is 5.63. The van der Waals surface area contributed by atoms with Gasteiger partial charge in [0.05, 0.1) is 11.5 Å². The fourth-order valence-corrected chi connectivity index (χ4v) is 2.11. The Morgan fingerprint density at radius 3 is 2.69 bits per heavy atom. The first kappa shape index (κ1) is 13.5. The molecule has 0 saturated carbocycles. The molecule has 16 heavy (non-hydrogen) atoms. The maximum atomic E-state index is 11.0. The average Bonchev–Trinajstić information content (AvgIpc) is 2.17. The van der Waals surface area contributed by atoms with Crippen LogP contribution < -0.4 is 0 Å². The summed E-state index contributed by atoms with van der Waals surface area (Å²) in [4.78, 5) is 13.1. The van der Waals surface area contributed by atoms with Crippen molar-refractivity contribution in [1.29, 1.82) is 0 Å². The third-order valence-corrected chi connectivity index (χ3v) is 3.03. The van der Waals surface area contributed by atoms with Crippen LogP contribution in [0.5, 0.6) is 0 Å². The molecule has 4 heteroatoms. The van der Waals surface area contributed by atoms with Crippen molar-refractivity contribution in [2.75, 3.05) is 26.7 Å². The second kappa shape index (κ2) is 5.64. The molecule has 1 heterocycles. The normalized spacial score (nSPS) is 22.4. The van der Waals surface area contributed by atoms with Gasteiger partial charge in [-0.1, -0.05) is 0 Å².